The molecule has 0 bridgehead atoms. The number of pyridine rings is 1. The van der Waals surface area contributed by atoms with E-state index in [2.05, 4.69) is 20.6 Å². The number of amides is 2. The molecular weight excluding hydrogens is 400 g/mol. The van der Waals surface area contributed by atoms with Gasteiger partial charge in [-0.2, -0.15) is 0 Å². The number of fused-ring (bicyclic) bond motifs is 1. The molecule has 0 aliphatic rings. The minimum absolute atomic E-state index is 0.130. The molecule has 2 aromatic heterocycles. The van der Waals surface area contributed by atoms with Gasteiger partial charge in [0.05, 0.1) is 0 Å². The van der Waals surface area contributed by atoms with Crippen molar-refractivity contribution in [3.63, 3.8) is 0 Å². The third-order valence-corrected chi connectivity index (χ3v) is 5.13. The number of hydrogen-bond donors (Lipinski definition) is 2. The summed E-state index contributed by atoms with van der Waals surface area (Å²) >= 11 is 1.50. The maximum absolute atomic E-state index is 12.3. The van der Waals surface area contributed by atoms with Gasteiger partial charge in [-0.15, -0.1) is 0 Å². The highest BCUT2D eigenvalue weighted by Crippen LogP contribution is 2.30. The third-order valence-electron chi connectivity index (χ3n) is 4.10. The largest absolute Gasteiger partial charge is 0.484 e. The maximum atomic E-state index is 12.3. The zero-order valence-corrected chi connectivity index (χ0v) is 16.9. The Morgan fingerprint density at radius 1 is 1.00 bits per heavy atom. The minimum Gasteiger partial charge on any atom is -0.484 e. The second-order valence-corrected chi connectivity index (χ2v) is 7.45. The van der Waals surface area contributed by atoms with Crippen LogP contribution in [0.4, 0.5) is 11.4 Å². The molecule has 0 saturated heterocycles. The van der Waals surface area contributed by atoms with Gasteiger partial charge in [-0.1, -0.05) is 23.5 Å². The summed E-state index contributed by atoms with van der Waals surface area (Å²) in [6.45, 7) is 1.31. The molecule has 8 heteroatoms. The van der Waals surface area contributed by atoms with Crippen LogP contribution >= 0.6 is 11.3 Å². The highest BCUT2D eigenvalue weighted by atomic mass is 32.1. The molecule has 0 spiro atoms. The number of benzene rings is 2. The molecule has 4 rings (SSSR count). The first-order chi connectivity index (χ1) is 14.6. The van der Waals surface area contributed by atoms with Crippen LogP contribution in [-0.2, 0) is 9.59 Å². The molecule has 0 unspecified atom stereocenters. The Bertz CT molecular complexity index is 1170. The fourth-order valence-electron chi connectivity index (χ4n) is 2.81. The number of nitrogens with zero attached hydrogens (tertiary/aromatic N) is 2. The van der Waals surface area contributed by atoms with Gasteiger partial charge in [-0.05, 0) is 48.5 Å². The maximum Gasteiger partial charge on any atom is 0.262 e. The van der Waals surface area contributed by atoms with E-state index in [1.54, 1.807) is 30.5 Å². The van der Waals surface area contributed by atoms with Crippen LogP contribution in [0.15, 0.2) is 66.9 Å². The molecule has 4 aromatic rings. The number of thiazole rings is 1. The number of anilines is 2. The average Bonchev–Trinajstić information content (AvgIpc) is 3.17. The molecule has 0 fully saturated rings. The minimum atomic E-state index is -0.274. The summed E-state index contributed by atoms with van der Waals surface area (Å²) in [7, 11) is 0. The Hall–Kier alpha value is -3.78. The lowest BCUT2D eigenvalue weighted by molar-refractivity contribution is -0.118. The van der Waals surface area contributed by atoms with Crippen molar-refractivity contribution in [3.8, 4) is 16.3 Å². The number of nitrogens with one attached hydrogen (secondary N) is 2. The van der Waals surface area contributed by atoms with Crippen molar-refractivity contribution in [1.29, 1.82) is 0 Å². The molecule has 0 radical (unpaired) electrons. The first-order valence-electron chi connectivity index (χ1n) is 9.19. The van der Waals surface area contributed by atoms with E-state index in [0.29, 0.717) is 17.1 Å². The molecule has 0 aliphatic carbocycles. The van der Waals surface area contributed by atoms with Crippen LogP contribution in [0.25, 0.3) is 20.9 Å². The van der Waals surface area contributed by atoms with Crippen LogP contribution in [-0.4, -0.2) is 28.4 Å². The van der Waals surface area contributed by atoms with Crippen LogP contribution in [0.2, 0.25) is 0 Å². The summed E-state index contributed by atoms with van der Waals surface area (Å²) in [4.78, 5) is 33.1. The van der Waals surface area contributed by atoms with E-state index >= 15 is 0 Å². The second-order valence-electron chi connectivity index (χ2n) is 6.47. The van der Waals surface area contributed by atoms with Gasteiger partial charge in [0, 0.05) is 30.1 Å². The molecular formula is C22H18N4O3S. The lowest BCUT2D eigenvalue weighted by atomic mass is 10.2. The van der Waals surface area contributed by atoms with E-state index in [0.717, 1.165) is 20.9 Å². The lowest BCUT2D eigenvalue weighted by Crippen LogP contribution is -2.20. The zero-order valence-electron chi connectivity index (χ0n) is 16.1. The summed E-state index contributed by atoms with van der Waals surface area (Å²) in [5.74, 6) is 0.117. The molecule has 0 atom stereocenters. The van der Waals surface area contributed by atoms with Crippen LogP contribution in [0.1, 0.15) is 6.92 Å². The van der Waals surface area contributed by atoms with Gasteiger partial charge in [-0.3, -0.25) is 9.59 Å². The molecule has 2 amide bonds. The van der Waals surface area contributed by atoms with Gasteiger partial charge in [0.25, 0.3) is 5.91 Å². The second kappa shape index (κ2) is 8.71. The molecule has 2 N–H and O–H groups in total. The van der Waals surface area contributed by atoms with Crippen molar-refractivity contribution in [2.45, 2.75) is 6.92 Å². The first-order valence-corrected chi connectivity index (χ1v) is 10.0. The van der Waals surface area contributed by atoms with Crippen molar-refractivity contribution in [2.24, 2.45) is 0 Å². The quantitative estimate of drug-likeness (QED) is 0.486. The van der Waals surface area contributed by atoms with Crippen LogP contribution in [0, 0.1) is 0 Å². The smallest absolute Gasteiger partial charge is 0.262 e. The zero-order chi connectivity index (χ0) is 20.9. The highest BCUT2D eigenvalue weighted by Gasteiger charge is 2.09. The Kier molecular flexibility index (Phi) is 5.67. The molecule has 150 valence electrons. The summed E-state index contributed by atoms with van der Waals surface area (Å²) in [5, 5.41) is 6.35. The summed E-state index contributed by atoms with van der Waals surface area (Å²) in [5.41, 5.74) is 3.09. The number of ether oxygens (including phenoxy) is 1. The van der Waals surface area contributed by atoms with E-state index < -0.39 is 0 Å². The van der Waals surface area contributed by atoms with Crippen LogP contribution in [0.3, 0.4) is 0 Å². The lowest BCUT2D eigenvalue weighted by Gasteiger charge is -2.09. The first kappa shape index (κ1) is 19.5. The monoisotopic (exact) mass is 418 g/mol. The van der Waals surface area contributed by atoms with Crippen molar-refractivity contribution >= 4 is 44.9 Å². The van der Waals surface area contributed by atoms with Crippen LogP contribution in [0.5, 0.6) is 5.75 Å². The fourth-order valence-corrected chi connectivity index (χ4v) is 3.71. The van der Waals surface area contributed by atoms with E-state index in [1.807, 2.05) is 36.4 Å². The third kappa shape index (κ3) is 4.79. The fraction of sp³-hybridized carbons (Fsp3) is 0.0909. The number of carbonyl (C=O) groups is 2. The van der Waals surface area contributed by atoms with Gasteiger partial charge < -0.3 is 15.4 Å². The van der Waals surface area contributed by atoms with E-state index in [4.69, 9.17) is 4.74 Å². The Morgan fingerprint density at radius 2 is 1.83 bits per heavy atom. The van der Waals surface area contributed by atoms with Crippen molar-refractivity contribution in [3.05, 3.63) is 66.9 Å². The van der Waals surface area contributed by atoms with Gasteiger partial charge in [0.1, 0.15) is 21.1 Å². The molecule has 2 aromatic carbocycles. The number of rotatable bonds is 6. The molecule has 0 aliphatic heterocycles. The Labute approximate surface area is 176 Å². The van der Waals surface area contributed by atoms with E-state index in [9.17, 15) is 9.59 Å². The topological polar surface area (TPSA) is 93.2 Å². The molecule has 2 heterocycles. The van der Waals surface area contributed by atoms with Crippen molar-refractivity contribution in [2.75, 3.05) is 17.2 Å². The SMILES string of the molecule is CC(=O)Nc1ccc(OCC(=O)Nc2cccc(-c3nc4cccnc4s3)c2)cc1. The normalized spacial score (nSPS) is 10.6. The predicted molar refractivity (Wildman–Crippen MR) is 118 cm³/mol. The standard InChI is InChI=1S/C22H18N4O3S/c1-14(27)24-16-7-9-18(10-8-16)29-13-20(28)25-17-5-2-4-15(12-17)21-26-19-6-3-11-23-22(19)30-21/h2-12H,13H2,1H3,(H,24,27)(H,25,28). The highest BCUT2D eigenvalue weighted by molar-refractivity contribution is 7.21. The van der Waals surface area contributed by atoms with Crippen LogP contribution < -0.4 is 15.4 Å². The van der Waals surface area contributed by atoms with E-state index in [1.165, 1.54) is 18.3 Å². The van der Waals surface area contributed by atoms with Crippen molar-refractivity contribution < 1.29 is 14.3 Å². The Balaban J connectivity index is 1.37. The number of aromatic nitrogens is 2. The van der Waals surface area contributed by atoms with Gasteiger partial charge in [0.15, 0.2) is 6.61 Å². The molecule has 30 heavy (non-hydrogen) atoms. The van der Waals surface area contributed by atoms with Gasteiger partial charge >= 0.3 is 0 Å². The number of hydrogen-bond acceptors (Lipinski definition) is 6. The predicted octanol–water partition coefficient (Wildman–Crippen LogP) is 4.33. The summed E-state index contributed by atoms with van der Waals surface area (Å²) in [6, 6.07) is 18.1. The number of carbonyl (C=O) groups excluding carboxylic acids is 2. The van der Waals surface area contributed by atoms with E-state index in [-0.39, 0.29) is 18.4 Å². The Morgan fingerprint density at radius 3 is 2.60 bits per heavy atom. The van der Waals surface area contributed by atoms with Gasteiger partial charge in [0.2, 0.25) is 5.91 Å². The molecule has 0 saturated carbocycles. The van der Waals surface area contributed by atoms with Crippen molar-refractivity contribution in [1.82, 2.24) is 9.97 Å². The summed E-state index contributed by atoms with van der Waals surface area (Å²) in [6.07, 6.45) is 1.74. The summed E-state index contributed by atoms with van der Waals surface area (Å²) < 4.78 is 5.51. The average molecular weight is 418 g/mol. The van der Waals surface area contributed by atoms with Gasteiger partial charge in [-0.25, -0.2) is 9.97 Å². The molecule has 7 nitrogen and oxygen atoms in total.